The summed E-state index contributed by atoms with van der Waals surface area (Å²) < 4.78 is 35.8. The number of nitrogens with zero attached hydrogens (tertiary/aromatic N) is 1. The fraction of sp³-hybridized carbons (Fsp3) is 0.625. The first kappa shape index (κ1) is 10.1. The van der Waals surface area contributed by atoms with E-state index in [0.717, 1.165) is 16.9 Å². The number of halogens is 3. The summed E-state index contributed by atoms with van der Waals surface area (Å²) in [5.74, 6) is -1.77. The molecule has 0 bridgehead atoms. The second kappa shape index (κ2) is 3.40. The quantitative estimate of drug-likeness (QED) is 0.576. The zero-order valence-corrected chi connectivity index (χ0v) is 7.19. The van der Waals surface area contributed by atoms with Crippen LogP contribution in [0.1, 0.15) is 19.8 Å². The second-order valence-corrected chi connectivity index (χ2v) is 3.08. The van der Waals surface area contributed by atoms with E-state index >= 15 is 0 Å². The molecule has 1 aliphatic rings. The lowest BCUT2D eigenvalue weighted by molar-refractivity contribution is -0.182. The van der Waals surface area contributed by atoms with Crippen LogP contribution >= 0.6 is 0 Å². The van der Waals surface area contributed by atoms with Gasteiger partial charge in [0.05, 0.1) is 0 Å². The number of hydrogen-bond donors (Lipinski definition) is 0. The molecule has 2 nitrogen and oxygen atoms in total. The third-order valence-electron chi connectivity index (χ3n) is 1.85. The molecule has 0 aromatic carbocycles. The summed E-state index contributed by atoms with van der Waals surface area (Å²) in [6.45, 7) is 1.88. The maximum absolute atomic E-state index is 11.9. The summed E-state index contributed by atoms with van der Waals surface area (Å²) in [5, 5.41) is 0. The van der Waals surface area contributed by atoms with Crippen LogP contribution in [-0.4, -0.2) is 23.5 Å². The minimum Gasteiger partial charge on any atom is -0.311 e. The molecule has 0 atom stereocenters. The minimum atomic E-state index is -4.76. The number of hydrogen-bond acceptors (Lipinski definition) is 1. The van der Waals surface area contributed by atoms with Gasteiger partial charge in [0, 0.05) is 12.7 Å². The highest BCUT2D eigenvalue weighted by Crippen LogP contribution is 2.22. The number of carbonyl (C=O) groups excluding carboxylic acids is 1. The molecule has 0 spiro atoms. The van der Waals surface area contributed by atoms with Crippen molar-refractivity contribution in [2.75, 3.05) is 6.54 Å². The maximum atomic E-state index is 11.9. The largest absolute Gasteiger partial charge is 0.471 e. The average molecular weight is 193 g/mol. The molecule has 0 saturated heterocycles. The Balaban J connectivity index is 2.73. The Kier molecular flexibility index (Phi) is 2.63. The van der Waals surface area contributed by atoms with E-state index in [9.17, 15) is 18.0 Å². The summed E-state index contributed by atoms with van der Waals surface area (Å²) in [4.78, 5) is 11.5. The van der Waals surface area contributed by atoms with Crippen molar-refractivity contribution >= 4 is 5.91 Å². The Hall–Kier alpha value is -1.00. The molecular formula is C8H10F3NO. The van der Waals surface area contributed by atoms with Gasteiger partial charge in [-0.3, -0.25) is 4.79 Å². The van der Waals surface area contributed by atoms with Gasteiger partial charge in [0.25, 0.3) is 0 Å². The van der Waals surface area contributed by atoms with Crippen LogP contribution in [-0.2, 0) is 4.79 Å². The zero-order chi connectivity index (χ0) is 10.1. The molecule has 1 aliphatic heterocycles. The lowest BCUT2D eigenvalue weighted by Crippen LogP contribution is -2.39. The Labute approximate surface area is 74.0 Å². The predicted molar refractivity (Wildman–Crippen MR) is 40.8 cm³/mol. The SMILES string of the molecule is CC1=CN(C(=O)C(F)(F)F)CCC1. The molecule has 0 radical (unpaired) electrons. The number of carbonyl (C=O) groups is 1. The molecular weight excluding hydrogens is 183 g/mol. The molecule has 1 heterocycles. The van der Waals surface area contributed by atoms with Crippen molar-refractivity contribution in [1.82, 2.24) is 4.90 Å². The van der Waals surface area contributed by atoms with Gasteiger partial charge in [0.2, 0.25) is 0 Å². The van der Waals surface area contributed by atoms with E-state index in [-0.39, 0.29) is 6.54 Å². The van der Waals surface area contributed by atoms with Gasteiger partial charge in [0.15, 0.2) is 0 Å². The van der Waals surface area contributed by atoms with Crippen LogP contribution in [0.15, 0.2) is 11.8 Å². The molecule has 0 saturated carbocycles. The lowest BCUT2D eigenvalue weighted by atomic mass is 10.1. The summed E-state index contributed by atoms with van der Waals surface area (Å²) in [7, 11) is 0. The van der Waals surface area contributed by atoms with Gasteiger partial charge < -0.3 is 4.90 Å². The monoisotopic (exact) mass is 193 g/mol. The lowest BCUT2D eigenvalue weighted by Gasteiger charge is -2.24. The highest BCUT2D eigenvalue weighted by atomic mass is 19.4. The molecule has 0 aromatic rings. The van der Waals surface area contributed by atoms with E-state index in [0.29, 0.717) is 6.42 Å². The molecule has 1 rings (SSSR count). The smallest absolute Gasteiger partial charge is 0.311 e. The number of rotatable bonds is 0. The topological polar surface area (TPSA) is 20.3 Å². The highest BCUT2D eigenvalue weighted by molar-refractivity contribution is 5.82. The summed E-state index contributed by atoms with van der Waals surface area (Å²) >= 11 is 0. The van der Waals surface area contributed by atoms with Gasteiger partial charge in [-0.25, -0.2) is 0 Å². The van der Waals surface area contributed by atoms with Crippen LogP contribution in [0.2, 0.25) is 0 Å². The van der Waals surface area contributed by atoms with Gasteiger partial charge in [-0.2, -0.15) is 13.2 Å². The Morgan fingerprint density at radius 1 is 1.54 bits per heavy atom. The van der Waals surface area contributed by atoms with Crippen molar-refractivity contribution in [1.29, 1.82) is 0 Å². The van der Waals surface area contributed by atoms with Crippen LogP contribution in [0.4, 0.5) is 13.2 Å². The third-order valence-corrected chi connectivity index (χ3v) is 1.85. The standard InChI is InChI=1S/C8H10F3NO/c1-6-3-2-4-12(5-6)7(13)8(9,10)11/h5H,2-4H2,1H3. The zero-order valence-electron chi connectivity index (χ0n) is 7.19. The molecule has 0 fully saturated rings. The summed E-state index contributed by atoms with van der Waals surface area (Å²) in [6, 6.07) is 0. The third kappa shape index (κ3) is 2.47. The summed E-state index contributed by atoms with van der Waals surface area (Å²) in [6.07, 6.45) is -2.11. The van der Waals surface area contributed by atoms with Crippen LogP contribution in [0.3, 0.4) is 0 Å². The van der Waals surface area contributed by atoms with Crippen LogP contribution < -0.4 is 0 Å². The number of amides is 1. The van der Waals surface area contributed by atoms with Crippen molar-refractivity contribution < 1.29 is 18.0 Å². The van der Waals surface area contributed by atoms with Gasteiger partial charge in [-0.05, 0) is 19.8 Å². The number of alkyl halides is 3. The van der Waals surface area contributed by atoms with Gasteiger partial charge in [-0.1, -0.05) is 5.57 Å². The number of allylic oxidation sites excluding steroid dienone is 1. The van der Waals surface area contributed by atoms with Crippen molar-refractivity contribution in [3.63, 3.8) is 0 Å². The molecule has 0 unspecified atom stereocenters. The molecule has 13 heavy (non-hydrogen) atoms. The van der Waals surface area contributed by atoms with Gasteiger partial charge in [-0.15, -0.1) is 0 Å². The normalized spacial score (nSPS) is 18.5. The second-order valence-electron chi connectivity index (χ2n) is 3.08. The van der Waals surface area contributed by atoms with Crippen LogP contribution in [0, 0.1) is 0 Å². The Morgan fingerprint density at radius 2 is 2.15 bits per heavy atom. The maximum Gasteiger partial charge on any atom is 0.471 e. The Bertz CT molecular complexity index is 244. The van der Waals surface area contributed by atoms with E-state index < -0.39 is 12.1 Å². The molecule has 5 heteroatoms. The van der Waals surface area contributed by atoms with Crippen molar-refractivity contribution in [3.8, 4) is 0 Å². The predicted octanol–water partition coefficient (Wildman–Crippen LogP) is 2.07. The fourth-order valence-electron chi connectivity index (χ4n) is 1.25. The van der Waals surface area contributed by atoms with E-state index in [1.807, 2.05) is 0 Å². The van der Waals surface area contributed by atoms with Gasteiger partial charge in [0.1, 0.15) is 0 Å². The first-order valence-corrected chi connectivity index (χ1v) is 3.96. The molecule has 1 amide bonds. The van der Waals surface area contributed by atoms with E-state index in [1.54, 1.807) is 6.92 Å². The van der Waals surface area contributed by atoms with Crippen LogP contribution in [0.5, 0.6) is 0 Å². The first-order valence-electron chi connectivity index (χ1n) is 3.96. The van der Waals surface area contributed by atoms with Gasteiger partial charge >= 0.3 is 12.1 Å². The molecule has 0 aromatic heterocycles. The van der Waals surface area contributed by atoms with Crippen molar-refractivity contribution in [3.05, 3.63) is 11.8 Å². The molecule has 0 aliphatic carbocycles. The fourth-order valence-corrected chi connectivity index (χ4v) is 1.25. The van der Waals surface area contributed by atoms with Crippen molar-refractivity contribution in [2.24, 2.45) is 0 Å². The average Bonchev–Trinajstić information content (AvgIpc) is 2.01. The van der Waals surface area contributed by atoms with Crippen LogP contribution in [0.25, 0.3) is 0 Å². The minimum absolute atomic E-state index is 0.162. The van der Waals surface area contributed by atoms with Crippen molar-refractivity contribution in [2.45, 2.75) is 25.9 Å². The Morgan fingerprint density at radius 3 is 2.62 bits per heavy atom. The first-order chi connectivity index (χ1) is 5.91. The highest BCUT2D eigenvalue weighted by Gasteiger charge is 2.42. The molecule has 0 N–H and O–H groups in total. The van der Waals surface area contributed by atoms with E-state index in [4.69, 9.17) is 0 Å². The van der Waals surface area contributed by atoms with E-state index in [1.165, 1.54) is 6.20 Å². The summed E-state index contributed by atoms with van der Waals surface area (Å²) in [5.41, 5.74) is 0.809. The van der Waals surface area contributed by atoms with E-state index in [2.05, 4.69) is 0 Å². The molecule has 74 valence electrons.